The monoisotopic (exact) mass is 237 g/mol. The van der Waals surface area contributed by atoms with Crippen LogP contribution < -0.4 is 0 Å². The van der Waals surface area contributed by atoms with Crippen LogP contribution in [-0.4, -0.2) is 36.1 Å². The van der Waals surface area contributed by atoms with E-state index in [1.165, 1.54) is 38.5 Å². The maximum atomic E-state index is 12.5. The smallest absolute Gasteiger partial charge is 0.251 e. The number of nitrogens with zero attached hydrogens (tertiary/aromatic N) is 1. The average molecular weight is 237 g/mol. The predicted molar refractivity (Wildman–Crippen MR) is 65.7 cm³/mol. The Morgan fingerprint density at radius 2 is 1.82 bits per heavy atom. The van der Waals surface area contributed by atoms with Gasteiger partial charge in [0.05, 0.1) is 0 Å². The van der Waals surface area contributed by atoms with Crippen LogP contribution in [0.4, 0.5) is 0 Å². The van der Waals surface area contributed by atoms with E-state index < -0.39 is 0 Å². The van der Waals surface area contributed by atoms with Gasteiger partial charge < -0.3 is 9.64 Å². The number of ether oxygens (including phenoxy) is 1. The van der Waals surface area contributed by atoms with Gasteiger partial charge in [-0.15, -0.1) is 0 Å². The highest BCUT2D eigenvalue weighted by Crippen LogP contribution is 2.36. The van der Waals surface area contributed by atoms with Crippen molar-refractivity contribution in [1.29, 1.82) is 0 Å². The summed E-state index contributed by atoms with van der Waals surface area (Å²) in [6, 6.07) is 0.536. The van der Waals surface area contributed by atoms with E-state index in [4.69, 9.17) is 4.74 Å². The summed E-state index contributed by atoms with van der Waals surface area (Å²) in [5.74, 6) is 1.07. The van der Waals surface area contributed by atoms with Gasteiger partial charge in [0, 0.05) is 19.2 Å². The summed E-state index contributed by atoms with van der Waals surface area (Å²) in [6.45, 7) is 1.75. The van der Waals surface area contributed by atoms with Crippen LogP contribution in [0.25, 0.3) is 0 Å². The fourth-order valence-corrected chi connectivity index (χ4v) is 3.86. The zero-order valence-corrected chi connectivity index (χ0v) is 10.6. The SMILES string of the molecule is O=C(C1CCCO1)N1CCCC2CCCCC21. The molecule has 1 amide bonds. The summed E-state index contributed by atoms with van der Waals surface area (Å²) in [6.07, 6.45) is 9.63. The molecule has 0 radical (unpaired) electrons. The van der Waals surface area contributed by atoms with Crippen LogP contribution >= 0.6 is 0 Å². The molecule has 0 aromatic heterocycles. The number of piperidine rings is 1. The van der Waals surface area contributed by atoms with E-state index in [1.807, 2.05) is 0 Å². The first-order chi connectivity index (χ1) is 8.36. The van der Waals surface area contributed by atoms with Gasteiger partial charge in [-0.1, -0.05) is 12.8 Å². The number of carbonyl (C=O) groups excluding carboxylic acids is 1. The highest BCUT2D eigenvalue weighted by Gasteiger charge is 2.38. The third-order valence-corrected chi connectivity index (χ3v) is 4.73. The van der Waals surface area contributed by atoms with Gasteiger partial charge in [-0.3, -0.25) is 4.79 Å². The molecule has 3 rings (SSSR count). The highest BCUT2D eigenvalue weighted by molar-refractivity contribution is 5.81. The third kappa shape index (κ3) is 2.22. The predicted octanol–water partition coefficient (Wildman–Crippen LogP) is 2.35. The van der Waals surface area contributed by atoms with E-state index in [1.54, 1.807) is 0 Å². The Kier molecular flexibility index (Phi) is 3.37. The van der Waals surface area contributed by atoms with Crippen molar-refractivity contribution in [2.45, 2.75) is 63.5 Å². The summed E-state index contributed by atoms with van der Waals surface area (Å²) in [5.41, 5.74) is 0. The molecular formula is C14H23NO2. The van der Waals surface area contributed by atoms with Crippen LogP contribution in [-0.2, 0) is 9.53 Å². The van der Waals surface area contributed by atoms with Crippen molar-refractivity contribution in [2.24, 2.45) is 5.92 Å². The maximum Gasteiger partial charge on any atom is 0.251 e. The van der Waals surface area contributed by atoms with Crippen LogP contribution in [0.2, 0.25) is 0 Å². The van der Waals surface area contributed by atoms with Gasteiger partial charge in [-0.2, -0.15) is 0 Å². The van der Waals surface area contributed by atoms with Gasteiger partial charge in [0.15, 0.2) is 0 Å². The number of hydrogen-bond donors (Lipinski definition) is 0. The Bertz CT molecular complexity index is 284. The number of carbonyl (C=O) groups is 1. The quantitative estimate of drug-likeness (QED) is 0.700. The lowest BCUT2D eigenvalue weighted by molar-refractivity contribution is -0.147. The lowest BCUT2D eigenvalue weighted by atomic mass is 9.78. The van der Waals surface area contributed by atoms with Crippen LogP contribution in [0.1, 0.15) is 51.4 Å². The van der Waals surface area contributed by atoms with Crippen LogP contribution in [0.3, 0.4) is 0 Å². The Labute approximate surface area is 104 Å². The molecule has 0 aromatic rings. The van der Waals surface area contributed by atoms with Crippen molar-refractivity contribution >= 4 is 5.91 Å². The molecule has 1 saturated carbocycles. The van der Waals surface area contributed by atoms with Crippen molar-refractivity contribution in [3.63, 3.8) is 0 Å². The van der Waals surface area contributed by atoms with Gasteiger partial charge in [0.1, 0.15) is 6.10 Å². The van der Waals surface area contributed by atoms with Gasteiger partial charge in [0.2, 0.25) is 0 Å². The molecular weight excluding hydrogens is 214 g/mol. The lowest BCUT2D eigenvalue weighted by Gasteiger charge is -2.44. The molecule has 2 aliphatic heterocycles. The molecule has 3 nitrogen and oxygen atoms in total. The molecule has 96 valence electrons. The van der Waals surface area contributed by atoms with Crippen molar-refractivity contribution in [3.8, 4) is 0 Å². The second-order valence-electron chi connectivity index (χ2n) is 5.79. The van der Waals surface area contributed by atoms with Gasteiger partial charge in [0.25, 0.3) is 5.91 Å². The molecule has 3 heteroatoms. The Hall–Kier alpha value is -0.570. The first kappa shape index (κ1) is 11.5. The highest BCUT2D eigenvalue weighted by atomic mass is 16.5. The summed E-state index contributed by atoms with van der Waals surface area (Å²) in [7, 11) is 0. The van der Waals surface area contributed by atoms with Crippen LogP contribution in [0.15, 0.2) is 0 Å². The van der Waals surface area contributed by atoms with Gasteiger partial charge in [-0.25, -0.2) is 0 Å². The Morgan fingerprint density at radius 1 is 1.00 bits per heavy atom. The molecule has 2 saturated heterocycles. The number of rotatable bonds is 1. The second kappa shape index (κ2) is 4.97. The Morgan fingerprint density at radius 3 is 2.65 bits per heavy atom. The van der Waals surface area contributed by atoms with E-state index in [-0.39, 0.29) is 6.10 Å². The summed E-state index contributed by atoms with van der Waals surface area (Å²) >= 11 is 0. The molecule has 3 aliphatic rings. The minimum absolute atomic E-state index is 0.115. The molecule has 17 heavy (non-hydrogen) atoms. The van der Waals surface area contributed by atoms with E-state index in [9.17, 15) is 4.79 Å². The number of hydrogen-bond acceptors (Lipinski definition) is 2. The molecule has 0 bridgehead atoms. The zero-order valence-electron chi connectivity index (χ0n) is 10.6. The van der Waals surface area contributed by atoms with E-state index in [2.05, 4.69) is 4.90 Å². The van der Waals surface area contributed by atoms with Crippen molar-refractivity contribution in [2.75, 3.05) is 13.2 Å². The second-order valence-corrected chi connectivity index (χ2v) is 5.79. The fourth-order valence-electron chi connectivity index (χ4n) is 3.86. The standard InChI is InChI=1S/C14H23NO2/c16-14(13-8-4-10-17-13)15-9-3-6-11-5-1-2-7-12(11)15/h11-13H,1-10H2. The normalized spacial score (nSPS) is 37.9. The summed E-state index contributed by atoms with van der Waals surface area (Å²) in [5, 5.41) is 0. The number of likely N-dealkylation sites (tertiary alicyclic amines) is 1. The third-order valence-electron chi connectivity index (χ3n) is 4.73. The summed E-state index contributed by atoms with van der Waals surface area (Å²) < 4.78 is 5.56. The zero-order chi connectivity index (χ0) is 11.7. The first-order valence-electron chi connectivity index (χ1n) is 7.28. The molecule has 0 spiro atoms. The number of amides is 1. The van der Waals surface area contributed by atoms with Crippen LogP contribution in [0, 0.1) is 5.92 Å². The van der Waals surface area contributed by atoms with E-state index in [0.29, 0.717) is 11.9 Å². The molecule has 3 unspecified atom stereocenters. The van der Waals surface area contributed by atoms with E-state index in [0.717, 1.165) is 31.9 Å². The van der Waals surface area contributed by atoms with Crippen molar-refractivity contribution in [1.82, 2.24) is 4.90 Å². The van der Waals surface area contributed by atoms with Gasteiger partial charge in [-0.05, 0) is 44.4 Å². The molecule has 3 fully saturated rings. The largest absolute Gasteiger partial charge is 0.368 e. The first-order valence-corrected chi connectivity index (χ1v) is 7.28. The number of fused-ring (bicyclic) bond motifs is 1. The molecule has 3 atom stereocenters. The van der Waals surface area contributed by atoms with Gasteiger partial charge >= 0.3 is 0 Å². The minimum atomic E-state index is -0.115. The van der Waals surface area contributed by atoms with Crippen LogP contribution in [0.5, 0.6) is 0 Å². The molecule has 0 N–H and O–H groups in total. The molecule has 1 aliphatic carbocycles. The lowest BCUT2D eigenvalue weighted by Crippen LogP contribution is -2.52. The van der Waals surface area contributed by atoms with Crippen molar-refractivity contribution < 1.29 is 9.53 Å². The minimum Gasteiger partial charge on any atom is -0.368 e. The fraction of sp³-hybridized carbons (Fsp3) is 0.929. The molecule has 0 aromatic carbocycles. The summed E-state index contributed by atoms with van der Waals surface area (Å²) in [4.78, 5) is 14.6. The van der Waals surface area contributed by atoms with Crippen molar-refractivity contribution in [3.05, 3.63) is 0 Å². The topological polar surface area (TPSA) is 29.5 Å². The van der Waals surface area contributed by atoms with E-state index >= 15 is 0 Å². The Balaban J connectivity index is 1.69. The maximum absolute atomic E-state index is 12.5. The molecule has 2 heterocycles. The average Bonchev–Trinajstić information content (AvgIpc) is 2.91.